The van der Waals surface area contributed by atoms with Gasteiger partial charge in [0.1, 0.15) is 23.9 Å². The lowest BCUT2D eigenvalue weighted by atomic mass is 9.80. The fourth-order valence-electron chi connectivity index (χ4n) is 7.19. The van der Waals surface area contributed by atoms with E-state index in [9.17, 15) is 20.1 Å². The van der Waals surface area contributed by atoms with Crippen molar-refractivity contribution in [2.24, 2.45) is 11.8 Å². The van der Waals surface area contributed by atoms with E-state index in [1.165, 1.54) is 30.4 Å². The Kier molecular flexibility index (Phi) is 14.2. The number of unbranched alkanes of at least 4 members (excludes halogenated alkanes) is 3. The van der Waals surface area contributed by atoms with Crippen LogP contribution in [0.15, 0.2) is 103 Å². The molecule has 5 rings (SSSR count). The number of rotatable bonds is 20. The molecular formula is C45H54O6. The van der Waals surface area contributed by atoms with E-state index in [0.29, 0.717) is 37.4 Å². The molecule has 0 saturated carbocycles. The van der Waals surface area contributed by atoms with Crippen molar-refractivity contribution in [1.82, 2.24) is 0 Å². The standard InChI is InChI=1S/C45H54O6/c1-3-4-5-10-34-11-6-7-12-35(34)13-8-9-14-36-19-22-41(47)28-39(36)29-43(49)30-42(48)21-16-32-17-24-44(50-2)45(26-32)51-31-33-15-18-38-27-40(46)23-20-37(38)25-33/h6-7,11-12,15,17-20,22-28,36,39,43,46-47,49H,3-5,8-10,13-14,16,21,29-31H2,1-2H3/t36-,39-,43-/m0/s1. The first-order valence-electron chi connectivity index (χ1n) is 18.7. The largest absolute Gasteiger partial charge is 0.508 e. The third kappa shape index (κ3) is 11.5. The molecule has 6 heteroatoms. The number of Topliss-reactive ketones (excluding diaryl/α,β-unsaturated/α-hetero) is 1. The van der Waals surface area contributed by atoms with E-state index in [-0.39, 0.29) is 35.5 Å². The summed E-state index contributed by atoms with van der Waals surface area (Å²) >= 11 is 0. The molecule has 4 aromatic rings. The van der Waals surface area contributed by atoms with Gasteiger partial charge in [0.2, 0.25) is 0 Å². The molecule has 0 unspecified atom stereocenters. The van der Waals surface area contributed by atoms with Crippen molar-refractivity contribution < 1.29 is 29.6 Å². The van der Waals surface area contributed by atoms with Crippen LogP contribution < -0.4 is 9.47 Å². The lowest BCUT2D eigenvalue weighted by Gasteiger charge is -2.27. The van der Waals surface area contributed by atoms with Gasteiger partial charge < -0.3 is 24.8 Å². The number of methoxy groups -OCH3 is 1. The highest BCUT2D eigenvalue weighted by atomic mass is 16.5. The molecule has 1 aliphatic carbocycles. The Bertz CT molecular complexity index is 1790. The van der Waals surface area contributed by atoms with Gasteiger partial charge in [-0.2, -0.15) is 0 Å². The molecule has 0 spiro atoms. The lowest BCUT2D eigenvalue weighted by molar-refractivity contribution is -0.121. The summed E-state index contributed by atoms with van der Waals surface area (Å²) in [6.07, 6.45) is 15.4. The Labute approximate surface area is 303 Å². The van der Waals surface area contributed by atoms with Gasteiger partial charge in [0.15, 0.2) is 11.5 Å². The first-order valence-corrected chi connectivity index (χ1v) is 18.7. The van der Waals surface area contributed by atoms with Crippen molar-refractivity contribution >= 4 is 16.6 Å². The summed E-state index contributed by atoms with van der Waals surface area (Å²) in [6.45, 7) is 2.58. The Morgan fingerprint density at radius 3 is 2.27 bits per heavy atom. The quantitative estimate of drug-likeness (QED) is 0.0799. The van der Waals surface area contributed by atoms with Crippen molar-refractivity contribution in [2.75, 3.05) is 7.11 Å². The highest BCUT2D eigenvalue weighted by Crippen LogP contribution is 2.33. The smallest absolute Gasteiger partial charge is 0.161 e. The number of ether oxygens (including phenoxy) is 2. The van der Waals surface area contributed by atoms with Gasteiger partial charge in [-0.15, -0.1) is 0 Å². The van der Waals surface area contributed by atoms with Gasteiger partial charge in [-0.3, -0.25) is 4.79 Å². The van der Waals surface area contributed by atoms with E-state index >= 15 is 0 Å². The molecule has 3 N–H and O–H groups in total. The maximum Gasteiger partial charge on any atom is 0.161 e. The monoisotopic (exact) mass is 690 g/mol. The van der Waals surface area contributed by atoms with Crippen molar-refractivity contribution in [2.45, 2.75) is 96.7 Å². The number of aromatic hydroxyl groups is 1. The van der Waals surface area contributed by atoms with Crippen LogP contribution in [0.3, 0.4) is 0 Å². The molecule has 0 aromatic heterocycles. The topological polar surface area (TPSA) is 96.2 Å². The number of carbonyl (C=O) groups is 1. The average molecular weight is 691 g/mol. The van der Waals surface area contributed by atoms with Crippen molar-refractivity contribution in [3.05, 3.63) is 125 Å². The number of fused-ring (bicyclic) bond motifs is 1. The number of aryl methyl sites for hydroxylation is 3. The number of aliphatic hydroxyl groups is 2. The summed E-state index contributed by atoms with van der Waals surface area (Å²) in [4.78, 5) is 13.0. The molecule has 4 aromatic carbocycles. The number of carbonyl (C=O) groups excluding carboxylic acids is 1. The van der Waals surface area contributed by atoms with Gasteiger partial charge in [-0.1, -0.05) is 80.8 Å². The van der Waals surface area contributed by atoms with Crippen LogP contribution in [-0.4, -0.2) is 34.3 Å². The third-order valence-electron chi connectivity index (χ3n) is 10.1. The second-order valence-electron chi connectivity index (χ2n) is 14.0. The first kappa shape index (κ1) is 37.7. The van der Waals surface area contributed by atoms with Crippen LogP contribution in [0.5, 0.6) is 17.2 Å². The Morgan fingerprint density at radius 1 is 0.784 bits per heavy atom. The number of phenolic OH excluding ortho intramolecular Hbond substituents is 1. The summed E-state index contributed by atoms with van der Waals surface area (Å²) in [5.74, 6) is 1.92. The average Bonchev–Trinajstić information content (AvgIpc) is 3.13. The Morgan fingerprint density at radius 2 is 1.51 bits per heavy atom. The molecule has 6 nitrogen and oxygen atoms in total. The van der Waals surface area contributed by atoms with Crippen molar-refractivity contribution in [3.63, 3.8) is 0 Å². The zero-order valence-corrected chi connectivity index (χ0v) is 30.2. The van der Waals surface area contributed by atoms with Gasteiger partial charge >= 0.3 is 0 Å². The zero-order valence-electron chi connectivity index (χ0n) is 30.2. The Hall–Kier alpha value is -4.55. The number of hydrogen-bond donors (Lipinski definition) is 3. The lowest BCUT2D eigenvalue weighted by Crippen LogP contribution is -2.23. The minimum atomic E-state index is -0.767. The number of allylic oxidation sites excluding steroid dienone is 3. The molecule has 0 heterocycles. The van der Waals surface area contributed by atoms with E-state index in [2.05, 4.69) is 37.3 Å². The number of benzene rings is 4. The Balaban J connectivity index is 1.08. The van der Waals surface area contributed by atoms with Crippen LogP contribution in [-0.2, 0) is 30.7 Å². The van der Waals surface area contributed by atoms with Crippen molar-refractivity contribution in [3.8, 4) is 17.2 Å². The predicted molar refractivity (Wildman–Crippen MR) is 206 cm³/mol. The van der Waals surface area contributed by atoms with E-state index < -0.39 is 6.10 Å². The van der Waals surface area contributed by atoms with Crippen LogP contribution in [0.25, 0.3) is 10.8 Å². The fraction of sp³-hybridized carbons (Fsp3) is 0.400. The van der Waals surface area contributed by atoms with Crippen molar-refractivity contribution in [1.29, 1.82) is 0 Å². The summed E-state index contributed by atoms with van der Waals surface area (Å²) in [5, 5.41) is 33.0. The molecule has 0 saturated heterocycles. The van der Waals surface area contributed by atoms with Gasteiger partial charge in [-0.25, -0.2) is 0 Å². The SMILES string of the molecule is CCCCCc1ccccc1CCCC[C@H]1C=CC(O)=C[C@H]1C[C@H](O)CC(=O)CCc1ccc(OC)c(OCc2ccc3cc(O)ccc3c2)c1. The van der Waals surface area contributed by atoms with Crippen LogP contribution in [0, 0.1) is 11.8 Å². The maximum absolute atomic E-state index is 13.0. The second kappa shape index (κ2) is 19.2. The predicted octanol–water partition coefficient (Wildman–Crippen LogP) is 10.2. The molecule has 0 fully saturated rings. The number of hydrogen-bond acceptors (Lipinski definition) is 6. The van der Waals surface area contributed by atoms with Crippen LogP contribution >= 0.6 is 0 Å². The summed E-state index contributed by atoms with van der Waals surface area (Å²) in [6, 6.07) is 25.8. The highest BCUT2D eigenvalue weighted by Gasteiger charge is 2.25. The van der Waals surface area contributed by atoms with E-state index in [1.54, 1.807) is 25.3 Å². The van der Waals surface area contributed by atoms with Gasteiger partial charge in [0.25, 0.3) is 0 Å². The van der Waals surface area contributed by atoms with E-state index in [0.717, 1.165) is 54.0 Å². The molecule has 0 radical (unpaired) electrons. The molecular weight excluding hydrogens is 636 g/mol. The molecule has 3 atom stereocenters. The highest BCUT2D eigenvalue weighted by molar-refractivity contribution is 5.84. The van der Waals surface area contributed by atoms with Crippen LogP contribution in [0.1, 0.15) is 87.0 Å². The number of phenols is 1. The molecule has 51 heavy (non-hydrogen) atoms. The number of aliphatic hydroxyl groups excluding tert-OH is 2. The van der Waals surface area contributed by atoms with Gasteiger partial charge in [-0.05, 0) is 132 Å². The minimum absolute atomic E-state index is 0.00446. The molecule has 1 aliphatic rings. The van der Waals surface area contributed by atoms with Gasteiger partial charge in [0, 0.05) is 12.8 Å². The summed E-state index contributed by atoms with van der Waals surface area (Å²) in [5.41, 5.74) is 4.88. The second-order valence-corrected chi connectivity index (χ2v) is 14.0. The van der Waals surface area contributed by atoms with Crippen LogP contribution in [0.4, 0.5) is 0 Å². The molecule has 270 valence electrons. The molecule has 0 amide bonds. The maximum atomic E-state index is 13.0. The van der Waals surface area contributed by atoms with Crippen LogP contribution in [0.2, 0.25) is 0 Å². The minimum Gasteiger partial charge on any atom is -0.508 e. The van der Waals surface area contributed by atoms with Gasteiger partial charge in [0.05, 0.1) is 13.2 Å². The first-order chi connectivity index (χ1) is 24.8. The third-order valence-corrected chi connectivity index (χ3v) is 10.1. The zero-order chi connectivity index (χ0) is 36.0. The summed E-state index contributed by atoms with van der Waals surface area (Å²) < 4.78 is 11.7. The summed E-state index contributed by atoms with van der Waals surface area (Å²) in [7, 11) is 1.60. The molecule has 0 bridgehead atoms. The van der Waals surface area contributed by atoms with E-state index in [4.69, 9.17) is 9.47 Å². The van der Waals surface area contributed by atoms with E-state index in [1.807, 2.05) is 48.5 Å². The normalized spacial score (nSPS) is 16.2. The number of ketones is 1. The fourth-order valence-corrected chi connectivity index (χ4v) is 7.19. The molecule has 0 aliphatic heterocycles.